The van der Waals surface area contributed by atoms with Gasteiger partial charge in [-0.2, -0.15) is 0 Å². The van der Waals surface area contributed by atoms with Crippen molar-refractivity contribution < 1.29 is 4.21 Å². The Labute approximate surface area is 121 Å². The first-order chi connectivity index (χ1) is 9.44. The van der Waals surface area contributed by atoms with E-state index >= 15 is 0 Å². The van der Waals surface area contributed by atoms with Gasteiger partial charge in [-0.05, 0) is 31.0 Å². The molecule has 20 heavy (non-hydrogen) atoms. The molecule has 0 bridgehead atoms. The molecule has 1 aromatic heterocycles. The number of benzene rings is 1. The molecule has 1 aromatic carbocycles. The summed E-state index contributed by atoms with van der Waals surface area (Å²) in [5.74, 6) is 0.945. The van der Waals surface area contributed by atoms with Gasteiger partial charge in [0.05, 0.1) is 0 Å². The normalized spacial score (nSPS) is 12.3. The predicted molar refractivity (Wildman–Crippen MR) is 83.1 cm³/mol. The van der Waals surface area contributed by atoms with Crippen LogP contribution in [-0.2, 0) is 29.4 Å². The van der Waals surface area contributed by atoms with Crippen molar-refractivity contribution in [3.05, 3.63) is 69.1 Å². The Hall–Kier alpha value is -1.68. The second kappa shape index (κ2) is 6.18. The van der Waals surface area contributed by atoms with Crippen molar-refractivity contribution >= 4 is 10.8 Å². The summed E-state index contributed by atoms with van der Waals surface area (Å²) in [6.45, 7) is 4.08. The van der Waals surface area contributed by atoms with Gasteiger partial charge in [-0.1, -0.05) is 29.3 Å². The van der Waals surface area contributed by atoms with Crippen LogP contribution < -0.4 is 5.56 Å². The molecule has 0 spiro atoms. The lowest BCUT2D eigenvalue weighted by Gasteiger charge is -2.06. The van der Waals surface area contributed by atoms with Crippen molar-refractivity contribution in [3.8, 4) is 0 Å². The Bertz CT molecular complexity index is 684. The molecule has 0 amide bonds. The second-order valence-electron chi connectivity index (χ2n) is 5.21. The van der Waals surface area contributed by atoms with Gasteiger partial charge in [0.15, 0.2) is 0 Å². The van der Waals surface area contributed by atoms with E-state index in [1.54, 1.807) is 19.3 Å². The fourth-order valence-corrected chi connectivity index (χ4v) is 3.45. The van der Waals surface area contributed by atoms with Crippen LogP contribution >= 0.6 is 0 Å². The SMILES string of the molecule is Cc1cc(C)cc(C[S@@](=O)Cc2ccn(C)c(=O)c2)c1. The second-order valence-corrected chi connectivity index (χ2v) is 6.67. The predicted octanol–water partition coefficient (Wildman–Crippen LogP) is 2.45. The van der Waals surface area contributed by atoms with Crippen molar-refractivity contribution in [1.29, 1.82) is 0 Å². The molecular formula is C16H19NO2S. The van der Waals surface area contributed by atoms with Gasteiger partial charge in [-0.3, -0.25) is 9.00 Å². The van der Waals surface area contributed by atoms with Gasteiger partial charge in [-0.15, -0.1) is 0 Å². The van der Waals surface area contributed by atoms with Crippen molar-refractivity contribution in [2.75, 3.05) is 0 Å². The van der Waals surface area contributed by atoms with E-state index in [1.807, 2.05) is 19.9 Å². The fraction of sp³-hybridized carbons (Fsp3) is 0.312. The van der Waals surface area contributed by atoms with Gasteiger partial charge in [0.1, 0.15) is 0 Å². The van der Waals surface area contributed by atoms with Crippen LogP contribution in [0.5, 0.6) is 0 Å². The molecule has 0 saturated heterocycles. The molecule has 0 radical (unpaired) electrons. The van der Waals surface area contributed by atoms with E-state index in [0.29, 0.717) is 11.5 Å². The van der Waals surface area contributed by atoms with Crippen LogP contribution in [0.1, 0.15) is 22.3 Å². The van der Waals surface area contributed by atoms with Crippen LogP contribution in [0.25, 0.3) is 0 Å². The zero-order chi connectivity index (χ0) is 14.7. The molecule has 0 aliphatic heterocycles. The maximum Gasteiger partial charge on any atom is 0.250 e. The van der Waals surface area contributed by atoms with Crippen LogP contribution in [0.3, 0.4) is 0 Å². The molecule has 0 aliphatic carbocycles. The number of aryl methyl sites for hydroxylation is 3. The minimum Gasteiger partial charge on any atom is -0.319 e. The summed E-state index contributed by atoms with van der Waals surface area (Å²) in [4.78, 5) is 11.5. The molecule has 106 valence electrons. The molecule has 0 unspecified atom stereocenters. The number of hydrogen-bond donors (Lipinski definition) is 0. The molecule has 3 nitrogen and oxygen atoms in total. The molecule has 0 aliphatic rings. The van der Waals surface area contributed by atoms with E-state index in [0.717, 1.165) is 11.1 Å². The van der Waals surface area contributed by atoms with Crippen LogP contribution in [0.15, 0.2) is 41.3 Å². The molecule has 2 aromatic rings. The summed E-state index contributed by atoms with van der Waals surface area (Å²) in [6.07, 6.45) is 1.71. The van der Waals surface area contributed by atoms with Crippen molar-refractivity contribution in [3.63, 3.8) is 0 Å². The van der Waals surface area contributed by atoms with Gasteiger partial charge in [0, 0.05) is 41.6 Å². The average molecular weight is 289 g/mol. The zero-order valence-electron chi connectivity index (χ0n) is 12.1. The van der Waals surface area contributed by atoms with Crippen LogP contribution in [0.4, 0.5) is 0 Å². The first-order valence-corrected chi connectivity index (χ1v) is 8.00. The molecule has 1 atom stereocenters. The first kappa shape index (κ1) is 14.7. The van der Waals surface area contributed by atoms with Crippen molar-refractivity contribution in [1.82, 2.24) is 4.57 Å². The van der Waals surface area contributed by atoms with Gasteiger partial charge >= 0.3 is 0 Å². The van der Waals surface area contributed by atoms with Crippen LogP contribution in [0.2, 0.25) is 0 Å². The van der Waals surface area contributed by atoms with Crippen molar-refractivity contribution in [2.24, 2.45) is 7.05 Å². The summed E-state index contributed by atoms with van der Waals surface area (Å²) in [5, 5.41) is 0. The largest absolute Gasteiger partial charge is 0.319 e. The lowest BCUT2D eigenvalue weighted by atomic mass is 10.1. The Balaban J connectivity index is 2.08. The van der Waals surface area contributed by atoms with E-state index < -0.39 is 10.8 Å². The number of nitrogens with zero attached hydrogens (tertiary/aromatic N) is 1. The highest BCUT2D eigenvalue weighted by atomic mass is 32.2. The topological polar surface area (TPSA) is 39.1 Å². The summed E-state index contributed by atoms with van der Waals surface area (Å²) >= 11 is 0. The molecule has 2 rings (SSSR count). The van der Waals surface area contributed by atoms with E-state index in [2.05, 4.69) is 18.2 Å². The third-order valence-electron chi connectivity index (χ3n) is 3.11. The van der Waals surface area contributed by atoms with E-state index in [-0.39, 0.29) is 5.56 Å². The number of rotatable bonds is 4. The van der Waals surface area contributed by atoms with Crippen LogP contribution in [0, 0.1) is 13.8 Å². The average Bonchev–Trinajstić information content (AvgIpc) is 2.32. The van der Waals surface area contributed by atoms with Gasteiger partial charge in [0.2, 0.25) is 0 Å². The highest BCUT2D eigenvalue weighted by molar-refractivity contribution is 7.83. The van der Waals surface area contributed by atoms with E-state index in [1.165, 1.54) is 15.7 Å². The third-order valence-corrected chi connectivity index (χ3v) is 4.42. The minimum absolute atomic E-state index is 0.0640. The molecule has 1 heterocycles. The summed E-state index contributed by atoms with van der Waals surface area (Å²) < 4.78 is 13.7. The first-order valence-electron chi connectivity index (χ1n) is 6.52. The van der Waals surface area contributed by atoms with Gasteiger partial charge in [0.25, 0.3) is 5.56 Å². The Morgan fingerprint density at radius 1 is 1.00 bits per heavy atom. The van der Waals surface area contributed by atoms with Gasteiger partial charge in [-0.25, -0.2) is 0 Å². The Morgan fingerprint density at radius 3 is 2.20 bits per heavy atom. The summed E-state index contributed by atoms with van der Waals surface area (Å²) in [6, 6.07) is 9.64. The molecular weight excluding hydrogens is 270 g/mol. The van der Waals surface area contributed by atoms with Gasteiger partial charge < -0.3 is 4.57 Å². The minimum atomic E-state index is -1.00. The fourth-order valence-electron chi connectivity index (χ4n) is 2.25. The third kappa shape index (κ3) is 3.90. The lowest BCUT2D eigenvalue weighted by molar-refractivity contribution is 0.682. The number of aromatic nitrogens is 1. The standard InChI is InChI=1S/C16H19NO2S/c1-12-6-13(2)8-15(7-12)11-20(19)10-14-4-5-17(3)16(18)9-14/h4-9H,10-11H2,1-3H3/t20-/m0/s1. The maximum atomic E-state index is 12.2. The summed E-state index contributed by atoms with van der Waals surface area (Å²) in [5.41, 5.74) is 4.22. The highest BCUT2D eigenvalue weighted by Gasteiger charge is 2.05. The quantitative estimate of drug-likeness (QED) is 0.867. The Kier molecular flexibility index (Phi) is 4.55. The molecule has 0 N–H and O–H groups in total. The monoisotopic (exact) mass is 289 g/mol. The van der Waals surface area contributed by atoms with E-state index in [9.17, 15) is 9.00 Å². The Morgan fingerprint density at radius 2 is 1.60 bits per heavy atom. The smallest absolute Gasteiger partial charge is 0.250 e. The van der Waals surface area contributed by atoms with Crippen molar-refractivity contribution in [2.45, 2.75) is 25.4 Å². The molecule has 0 fully saturated rings. The lowest BCUT2D eigenvalue weighted by Crippen LogP contribution is -2.15. The number of hydrogen-bond acceptors (Lipinski definition) is 2. The maximum absolute atomic E-state index is 12.2. The number of pyridine rings is 1. The molecule has 4 heteroatoms. The zero-order valence-corrected chi connectivity index (χ0v) is 12.9. The summed E-state index contributed by atoms with van der Waals surface area (Å²) in [7, 11) is 0.705. The molecule has 0 saturated carbocycles. The highest BCUT2D eigenvalue weighted by Crippen LogP contribution is 2.12. The van der Waals surface area contributed by atoms with E-state index in [4.69, 9.17) is 0 Å². The van der Waals surface area contributed by atoms with Crippen LogP contribution in [-0.4, -0.2) is 8.78 Å².